The van der Waals surface area contributed by atoms with Crippen LogP contribution in [0.3, 0.4) is 0 Å². The van der Waals surface area contributed by atoms with Crippen LogP contribution < -0.4 is 10.5 Å². The summed E-state index contributed by atoms with van der Waals surface area (Å²) >= 11 is 2.94. The van der Waals surface area contributed by atoms with Crippen molar-refractivity contribution < 1.29 is 22.3 Å². The molecular formula is C14H10BrF4NO. The molecule has 0 unspecified atom stereocenters. The van der Waals surface area contributed by atoms with E-state index < -0.39 is 34.8 Å². The smallest absolute Gasteiger partial charge is 0.201 e. The first kappa shape index (κ1) is 15.8. The first-order chi connectivity index (χ1) is 9.92. The summed E-state index contributed by atoms with van der Waals surface area (Å²) in [4.78, 5) is 0. The summed E-state index contributed by atoms with van der Waals surface area (Å²) in [5, 5.41) is 0. The molecule has 0 fully saturated rings. The van der Waals surface area contributed by atoms with Crippen molar-refractivity contribution >= 4 is 15.9 Å². The third-order valence-electron chi connectivity index (χ3n) is 2.66. The van der Waals surface area contributed by atoms with Gasteiger partial charge in [-0.1, -0.05) is 15.9 Å². The van der Waals surface area contributed by atoms with E-state index >= 15 is 0 Å². The van der Waals surface area contributed by atoms with Gasteiger partial charge in [-0.3, -0.25) is 0 Å². The van der Waals surface area contributed by atoms with Crippen LogP contribution >= 0.6 is 15.9 Å². The second kappa shape index (κ2) is 6.44. The van der Waals surface area contributed by atoms with Crippen molar-refractivity contribution in [1.82, 2.24) is 0 Å². The van der Waals surface area contributed by atoms with Crippen molar-refractivity contribution in [2.24, 2.45) is 5.73 Å². The van der Waals surface area contributed by atoms with Crippen LogP contribution in [0.4, 0.5) is 17.6 Å². The molecule has 0 heterocycles. The Morgan fingerprint density at radius 1 is 0.952 bits per heavy atom. The maximum atomic E-state index is 13.8. The number of hydrogen-bond donors (Lipinski definition) is 1. The van der Waals surface area contributed by atoms with Crippen LogP contribution in [0.2, 0.25) is 0 Å². The van der Waals surface area contributed by atoms with Crippen LogP contribution in [-0.4, -0.2) is 6.54 Å². The first-order valence-electron chi connectivity index (χ1n) is 5.92. The number of rotatable bonds is 4. The van der Waals surface area contributed by atoms with Gasteiger partial charge in [-0.2, -0.15) is 4.39 Å². The van der Waals surface area contributed by atoms with Gasteiger partial charge in [0, 0.05) is 4.47 Å². The van der Waals surface area contributed by atoms with E-state index in [1.54, 1.807) is 0 Å². The largest absolute Gasteiger partial charge is 0.448 e. The molecule has 0 radical (unpaired) electrons. The normalized spacial score (nSPS) is 10.8. The number of benzene rings is 2. The Morgan fingerprint density at radius 3 is 2.14 bits per heavy atom. The minimum absolute atomic E-state index is 0.178. The Hall–Kier alpha value is -1.60. The summed E-state index contributed by atoms with van der Waals surface area (Å²) in [7, 11) is 0. The summed E-state index contributed by atoms with van der Waals surface area (Å²) in [5.74, 6) is -5.97. The van der Waals surface area contributed by atoms with E-state index in [9.17, 15) is 17.6 Å². The van der Waals surface area contributed by atoms with Crippen LogP contribution in [-0.2, 0) is 6.42 Å². The SMILES string of the molecule is NCCc1cc(F)c(Oc2cc(Br)cc(F)c2F)c(F)c1. The van der Waals surface area contributed by atoms with E-state index in [2.05, 4.69) is 15.9 Å². The lowest BCUT2D eigenvalue weighted by Crippen LogP contribution is -2.04. The lowest BCUT2D eigenvalue weighted by Gasteiger charge is -2.11. The average Bonchev–Trinajstić information content (AvgIpc) is 2.39. The molecule has 0 amide bonds. The number of halogens is 5. The van der Waals surface area contributed by atoms with Crippen molar-refractivity contribution in [2.45, 2.75) is 6.42 Å². The molecule has 0 atom stereocenters. The highest BCUT2D eigenvalue weighted by molar-refractivity contribution is 9.10. The molecule has 0 spiro atoms. The van der Waals surface area contributed by atoms with Crippen LogP contribution in [0.15, 0.2) is 28.7 Å². The van der Waals surface area contributed by atoms with E-state index in [-0.39, 0.29) is 17.4 Å². The summed E-state index contributed by atoms with van der Waals surface area (Å²) in [6, 6.07) is 4.03. The molecule has 2 nitrogen and oxygen atoms in total. The number of hydrogen-bond acceptors (Lipinski definition) is 2. The highest BCUT2D eigenvalue weighted by atomic mass is 79.9. The van der Waals surface area contributed by atoms with Crippen molar-refractivity contribution in [3.05, 3.63) is 57.6 Å². The average molecular weight is 364 g/mol. The molecular weight excluding hydrogens is 354 g/mol. The topological polar surface area (TPSA) is 35.2 Å². The second-order valence-corrected chi connectivity index (χ2v) is 5.14. The Morgan fingerprint density at radius 2 is 1.57 bits per heavy atom. The quantitative estimate of drug-likeness (QED) is 0.649. The Bertz CT molecular complexity index is 655. The summed E-state index contributed by atoms with van der Waals surface area (Å²) in [5.41, 5.74) is 5.65. The van der Waals surface area contributed by atoms with Gasteiger partial charge in [0.1, 0.15) is 0 Å². The molecule has 0 aliphatic heterocycles. The van der Waals surface area contributed by atoms with Gasteiger partial charge < -0.3 is 10.5 Å². The molecule has 0 saturated carbocycles. The standard InChI is InChI=1S/C14H10BrF4NO/c15-8-5-9(16)13(19)12(6-8)21-14-10(17)3-7(1-2-20)4-11(14)18/h3-6H,1-2,20H2. The van der Waals surface area contributed by atoms with Gasteiger partial charge >= 0.3 is 0 Å². The monoisotopic (exact) mass is 363 g/mol. The van der Waals surface area contributed by atoms with Crippen LogP contribution in [0, 0.1) is 23.3 Å². The summed E-state index contributed by atoms with van der Waals surface area (Å²) in [6.45, 7) is 0.227. The maximum Gasteiger partial charge on any atom is 0.201 e. The van der Waals surface area contributed by atoms with Gasteiger partial charge in [0.05, 0.1) is 0 Å². The Kier molecular flexibility index (Phi) is 4.84. The van der Waals surface area contributed by atoms with Crippen LogP contribution in [0.5, 0.6) is 11.5 Å². The summed E-state index contributed by atoms with van der Waals surface area (Å²) in [6.07, 6.45) is 0.286. The van der Waals surface area contributed by atoms with Crippen molar-refractivity contribution in [1.29, 1.82) is 0 Å². The van der Waals surface area contributed by atoms with Gasteiger partial charge in [0.15, 0.2) is 29.0 Å². The molecule has 7 heteroatoms. The molecule has 2 rings (SSSR count). The fourth-order valence-electron chi connectivity index (χ4n) is 1.74. The molecule has 0 aliphatic rings. The number of ether oxygens (including phenoxy) is 1. The zero-order valence-corrected chi connectivity index (χ0v) is 12.2. The van der Waals surface area contributed by atoms with E-state index in [4.69, 9.17) is 10.5 Å². The van der Waals surface area contributed by atoms with E-state index in [1.165, 1.54) is 0 Å². The molecule has 0 bridgehead atoms. The van der Waals surface area contributed by atoms with Gasteiger partial charge in [-0.05, 0) is 42.8 Å². The van der Waals surface area contributed by atoms with Crippen molar-refractivity contribution in [3.63, 3.8) is 0 Å². The van der Waals surface area contributed by atoms with Crippen molar-refractivity contribution in [2.75, 3.05) is 6.54 Å². The van der Waals surface area contributed by atoms with Gasteiger partial charge in [-0.25, -0.2) is 13.2 Å². The fourth-order valence-corrected chi connectivity index (χ4v) is 2.15. The lowest BCUT2D eigenvalue weighted by molar-refractivity contribution is 0.374. The highest BCUT2D eigenvalue weighted by Gasteiger charge is 2.18. The molecule has 2 aromatic carbocycles. The van der Waals surface area contributed by atoms with Crippen LogP contribution in [0.25, 0.3) is 0 Å². The van der Waals surface area contributed by atoms with E-state index in [1.807, 2.05) is 0 Å². The molecule has 2 aromatic rings. The van der Waals surface area contributed by atoms with Gasteiger partial charge in [-0.15, -0.1) is 0 Å². The first-order valence-corrected chi connectivity index (χ1v) is 6.72. The molecule has 112 valence electrons. The Balaban J connectivity index is 2.40. The predicted molar refractivity (Wildman–Crippen MR) is 73.2 cm³/mol. The molecule has 0 saturated heterocycles. The van der Waals surface area contributed by atoms with Crippen molar-refractivity contribution in [3.8, 4) is 11.5 Å². The Labute approximate surface area is 126 Å². The predicted octanol–water partition coefficient (Wildman–Crippen LogP) is 4.30. The zero-order chi connectivity index (χ0) is 15.6. The highest BCUT2D eigenvalue weighted by Crippen LogP contribution is 2.33. The van der Waals surface area contributed by atoms with Gasteiger partial charge in [0.25, 0.3) is 0 Å². The fraction of sp³-hybridized carbons (Fsp3) is 0.143. The van der Waals surface area contributed by atoms with Crippen LogP contribution in [0.1, 0.15) is 5.56 Å². The maximum absolute atomic E-state index is 13.8. The number of nitrogens with two attached hydrogens (primary N) is 1. The molecule has 2 N–H and O–H groups in total. The third-order valence-corrected chi connectivity index (χ3v) is 3.12. The van der Waals surface area contributed by atoms with E-state index in [0.29, 0.717) is 5.56 Å². The summed E-state index contributed by atoms with van der Waals surface area (Å²) < 4.78 is 59.4. The molecule has 0 aromatic heterocycles. The third kappa shape index (κ3) is 3.54. The minimum atomic E-state index is -1.33. The molecule has 21 heavy (non-hydrogen) atoms. The second-order valence-electron chi connectivity index (χ2n) is 4.23. The lowest BCUT2D eigenvalue weighted by atomic mass is 10.1. The minimum Gasteiger partial charge on any atom is -0.448 e. The zero-order valence-electron chi connectivity index (χ0n) is 10.6. The molecule has 0 aliphatic carbocycles. The van der Waals surface area contributed by atoms with Gasteiger partial charge in [0.2, 0.25) is 5.82 Å². The van der Waals surface area contributed by atoms with E-state index in [0.717, 1.165) is 24.3 Å².